The van der Waals surface area contributed by atoms with Crippen molar-refractivity contribution in [1.82, 2.24) is 15.2 Å². The summed E-state index contributed by atoms with van der Waals surface area (Å²) < 4.78 is 0. The second-order valence-electron chi connectivity index (χ2n) is 5.73. The van der Waals surface area contributed by atoms with Crippen molar-refractivity contribution in [2.24, 2.45) is 0 Å². The van der Waals surface area contributed by atoms with Gasteiger partial charge in [0.2, 0.25) is 0 Å². The van der Waals surface area contributed by atoms with E-state index in [9.17, 15) is 9.59 Å². The van der Waals surface area contributed by atoms with Crippen LogP contribution in [0.25, 0.3) is 0 Å². The van der Waals surface area contributed by atoms with Gasteiger partial charge >= 0.3 is 6.03 Å². The number of rotatable bonds is 3. The largest absolute Gasteiger partial charge is 0.325 e. The summed E-state index contributed by atoms with van der Waals surface area (Å²) in [6.45, 7) is 3.76. The van der Waals surface area contributed by atoms with E-state index >= 15 is 0 Å². The first kappa shape index (κ1) is 15.5. The first-order chi connectivity index (χ1) is 10.9. The number of nitrogens with one attached hydrogen (secondary N) is 1. The molecule has 23 heavy (non-hydrogen) atoms. The third-order valence-electron chi connectivity index (χ3n) is 4.07. The van der Waals surface area contributed by atoms with Crippen LogP contribution in [-0.4, -0.2) is 21.8 Å². The summed E-state index contributed by atoms with van der Waals surface area (Å²) in [5.41, 5.74) is 1.29. The minimum Gasteiger partial charge on any atom is -0.319 e. The van der Waals surface area contributed by atoms with Gasteiger partial charge in [0.25, 0.3) is 5.91 Å². The Bertz CT molecular complexity index is 776. The van der Waals surface area contributed by atoms with Gasteiger partial charge in [-0.05, 0) is 37.1 Å². The number of aryl methyl sites for hydroxylation is 1. The molecule has 0 bridgehead atoms. The van der Waals surface area contributed by atoms with Crippen LogP contribution in [0.2, 0.25) is 5.02 Å². The molecule has 1 aliphatic rings. The van der Waals surface area contributed by atoms with Gasteiger partial charge in [-0.2, -0.15) is 0 Å². The highest BCUT2D eigenvalue weighted by atomic mass is 35.5. The van der Waals surface area contributed by atoms with Crippen LogP contribution in [0.15, 0.2) is 42.6 Å². The van der Waals surface area contributed by atoms with Gasteiger partial charge in [-0.25, -0.2) is 4.79 Å². The molecule has 6 heteroatoms. The zero-order valence-electron chi connectivity index (χ0n) is 12.8. The van der Waals surface area contributed by atoms with Gasteiger partial charge in [0.05, 0.1) is 17.3 Å². The minimum atomic E-state index is -1.06. The van der Waals surface area contributed by atoms with Gasteiger partial charge in [0.15, 0.2) is 0 Å². The molecule has 5 nitrogen and oxygen atoms in total. The smallest absolute Gasteiger partial charge is 0.319 e. The number of carbonyl (C=O) groups excluding carboxylic acids is 2. The maximum absolute atomic E-state index is 12.9. The van der Waals surface area contributed by atoms with Crippen LogP contribution in [0, 0.1) is 6.92 Å². The van der Waals surface area contributed by atoms with Crippen LogP contribution in [-0.2, 0) is 16.9 Å². The van der Waals surface area contributed by atoms with Crippen molar-refractivity contribution in [2.45, 2.75) is 25.9 Å². The van der Waals surface area contributed by atoms with Crippen LogP contribution in [0.3, 0.4) is 0 Å². The molecule has 0 saturated carbocycles. The van der Waals surface area contributed by atoms with Gasteiger partial charge in [-0.3, -0.25) is 14.7 Å². The number of carbonyl (C=O) groups is 2. The molecule has 118 valence electrons. The Balaban J connectivity index is 1.91. The fourth-order valence-electron chi connectivity index (χ4n) is 2.82. The number of urea groups is 1. The van der Waals surface area contributed by atoms with Crippen LogP contribution in [0.5, 0.6) is 0 Å². The van der Waals surface area contributed by atoms with E-state index in [1.165, 1.54) is 11.1 Å². The van der Waals surface area contributed by atoms with Gasteiger partial charge in [-0.15, -0.1) is 0 Å². The van der Waals surface area contributed by atoms with E-state index in [-0.39, 0.29) is 12.5 Å². The summed E-state index contributed by atoms with van der Waals surface area (Å²) in [6, 6.07) is 10.5. The monoisotopic (exact) mass is 329 g/mol. The van der Waals surface area contributed by atoms with E-state index in [1.807, 2.05) is 31.2 Å². The maximum Gasteiger partial charge on any atom is 0.325 e. The van der Waals surface area contributed by atoms with Crippen LogP contribution in [0.4, 0.5) is 4.79 Å². The Morgan fingerprint density at radius 3 is 2.61 bits per heavy atom. The second kappa shape index (κ2) is 5.66. The molecule has 1 N–H and O–H groups in total. The second-order valence-corrected chi connectivity index (χ2v) is 6.17. The quantitative estimate of drug-likeness (QED) is 0.880. The minimum absolute atomic E-state index is 0.114. The summed E-state index contributed by atoms with van der Waals surface area (Å²) >= 11 is 5.81. The lowest BCUT2D eigenvalue weighted by Crippen LogP contribution is -2.41. The zero-order valence-corrected chi connectivity index (χ0v) is 13.6. The Hall–Kier alpha value is -2.40. The van der Waals surface area contributed by atoms with Crippen molar-refractivity contribution in [3.8, 4) is 0 Å². The normalized spacial score (nSPS) is 20.7. The molecule has 3 rings (SSSR count). The number of amides is 3. The lowest BCUT2D eigenvalue weighted by atomic mass is 9.88. The topological polar surface area (TPSA) is 62.3 Å². The highest BCUT2D eigenvalue weighted by Gasteiger charge is 2.49. The van der Waals surface area contributed by atoms with Crippen molar-refractivity contribution >= 4 is 23.5 Å². The number of hydrogen-bond donors (Lipinski definition) is 1. The third-order valence-corrected chi connectivity index (χ3v) is 4.29. The zero-order chi connectivity index (χ0) is 16.6. The highest BCUT2D eigenvalue weighted by molar-refractivity contribution is 6.30. The van der Waals surface area contributed by atoms with Crippen LogP contribution in [0.1, 0.15) is 23.7 Å². The SMILES string of the molecule is Cc1ccccc1[C@]1(C)NC(=O)N(Cc2ccc(Cl)cn2)C1=O. The molecule has 1 fully saturated rings. The molecule has 2 heterocycles. The molecule has 1 atom stereocenters. The van der Waals surface area contributed by atoms with E-state index < -0.39 is 11.6 Å². The molecule has 1 aliphatic heterocycles. The van der Waals surface area contributed by atoms with E-state index in [1.54, 1.807) is 19.1 Å². The molecule has 0 spiro atoms. The number of halogens is 1. The van der Waals surface area contributed by atoms with Crippen molar-refractivity contribution in [1.29, 1.82) is 0 Å². The summed E-state index contributed by atoms with van der Waals surface area (Å²) in [7, 11) is 0. The molecule has 1 saturated heterocycles. The Morgan fingerprint density at radius 1 is 1.22 bits per heavy atom. The van der Waals surface area contributed by atoms with Crippen molar-refractivity contribution in [2.75, 3.05) is 0 Å². The average Bonchev–Trinajstić information content (AvgIpc) is 2.74. The lowest BCUT2D eigenvalue weighted by molar-refractivity contribution is -0.131. The molecule has 1 aromatic carbocycles. The number of imide groups is 1. The van der Waals surface area contributed by atoms with Crippen molar-refractivity contribution < 1.29 is 9.59 Å². The van der Waals surface area contributed by atoms with Gasteiger partial charge < -0.3 is 5.32 Å². The van der Waals surface area contributed by atoms with Crippen molar-refractivity contribution in [3.05, 3.63) is 64.4 Å². The number of nitrogens with zero attached hydrogens (tertiary/aromatic N) is 2. The van der Waals surface area contributed by atoms with Gasteiger partial charge in [0, 0.05) is 6.20 Å². The lowest BCUT2D eigenvalue weighted by Gasteiger charge is -2.24. The van der Waals surface area contributed by atoms with E-state index in [2.05, 4.69) is 10.3 Å². The van der Waals surface area contributed by atoms with E-state index in [4.69, 9.17) is 11.6 Å². The summed E-state index contributed by atoms with van der Waals surface area (Å²) in [6.07, 6.45) is 1.50. The molecule has 0 radical (unpaired) electrons. The summed E-state index contributed by atoms with van der Waals surface area (Å²) in [5, 5.41) is 3.31. The standard InChI is InChI=1S/C17H16ClN3O2/c1-11-5-3-4-6-14(11)17(2)15(22)21(16(23)20-17)10-13-8-7-12(18)9-19-13/h3-9H,10H2,1-2H3,(H,20,23)/t17-/m0/s1. The summed E-state index contributed by atoms with van der Waals surface area (Å²) in [5.74, 6) is -0.284. The fourth-order valence-corrected chi connectivity index (χ4v) is 2.93. The number of hydrogen-bond acceptors (Lipinski definition) is 3. The van der Waals surface area contributed by atoms with Crippen LogP contribution < -0.4 is 5.32 Å². The molecule has 0 aliphatic carbocycles. The Morgan fingerprint density at radius 2 is 1.96 bits per heavy atom. The predicted octanol–water partition coefficient (Wildman–Crippen LogP) is 3.01. The van der Waals surface area contributed by atoms with Gasteiger partial charge in [-0.1, -0.05) is 35.9 Å². The first-order valence-electron chi connectivity index (χ1n) is 7.22. The number of benzene rings is 1. The van der Waals surface area contributed by atoms with Crippen molar-refractivity contribution in [3.63, 3.8) is 0 Å². The Kier molecular flexibility index (Phi) is 3.82. The highest BCUT2D eigenvalue weighted by Crippen LogP contribution is 2.31. The summed E-state index contributed by atoms with van der Waals surface area (Å²) in [4.78, 5) is 30.5. The molecule has 2 aromatic rings. The molecule has 0 unspecified atom stereocenters. The third kappa shape index (κ3) is 2.68. The number of aromatic nitrogens is 1. The van der Waals surface area contributed by atoms with E-state index in [0.717, 1.165) is 11.1 Å². The van der Waals surface area contributed by atoms with Crippen LogP contribution >= 0.6 is 11.6 Å². The first-order valence-corrected chi connectivity index (χ1v) is 7.60. The van der Waals surface area contributed by atoms with E-state index in [0.29, 0.717) is 10.7 Å². The molecule has 3 amide bonds. The molecular weight excluding hydrogens is 314 g/mol. The predicted molar refractivity (Wildman–Crippen MR) is 86.9 cm³/mol. The van der Waals surface area contributed by atoms with Gasteiger partial charge in [0.1, 0.15) is 5.54 Å². The maximum atomic E-state index is 12.9. The Labute approximate surface area is 139 Å². The average molecular weight is 330 g/mol. The fraction of sp³-hybridized carbons (Fsp3) is 0.235. The molecule has 1 aromatic heterocycles. The number of pyridine rings is 1. The molecular formula is C17H16ClN3O2.